The standard InChI is InChI=1S/C18H18N6O2/c1-11(25)21-15-4-2-3-13(9-15)17-22-16(23-24-17)10-20-18(26)12-5-7-14(19)8-6-12/h2-9H,10,19H2,1H3,(H,20,26)(H,21,25)(H,22,23,24). The topological polar surface area (TPSA) is 126 Å². The Hall–Kier alpha value is -3.68. The molecule has 0 fully saturated rings. The third-order valence-corrected chi connectivity index (χ3v) is 3.56. The number of aromatic nitrogens is 3. The lowest BCUT2D eigenvalue weighted by Crippen LogP contribution is -2.23. The highest BCUT2D eigenvalue weighted by Gasteiger charge is 2.09. The fourth-order valence-electron chi connectivity index (χ4n) is 2.34. The minimum absolute atomic E-state index is 0.150. The maximum Gasteiger partial charge on any atom is 0.251 e. The Morgan fingerprint density at radius 3 is 2.65 bits per heavy atom. The summed E-state index contributed by atoms with van der Waals surface area (Å²) < 4.78 is 0. The summed E-state index contributed by atoms with van der Waals surface area (Å²) in [6.07, 6.45) is 0. The maximum atomic E-state index is 12.1. The van der Waals surface area contributed by atoms with Crippen LogP contribution in [0.15, 0.2) is 48.5 Å². The average Bonchev–Trinajstić information content (AvgIpc) is 3.09. The van der Waals surface area contributed by atoms with E-state index in [4.69, 9.17) is 5.73 Å². The highest BCUT2D eigenvalue weighted by atomic mass is 16.2. The molecule has 0 unspecified atom stereocenters. The molecule has 132 valence electrons. The third-order valence-electron chi connectivity index (χ3n) is 3.56. The predicted molar refractivity (Wildman–Crippen MR) is 98.1 cm³/mol. The van der Waals surface area contributed by atoms with Crippen molar-refractivity contribution < 1.29 is 9.59 Å². The van der Waals surface area contributed by atoms with Crippen molar-refractivity contribution in [1.29, 1.82) is 0 Å². The molecule has 3 aromatic rings. The molecule has 5 N–H and O–H groups in total. The van der Waals surface area contributed by atoms with E-state index in [1.165, 1.54) is 6.92 Å². The molecule has 0 bridgehead atoms. The Kier molecular flexibility index (Phi) is 4.93. The molecule has 0 aliphatic rings. The Morgan fingerprint density at radius 1 is 1.15 bits per heavy atom. The molecule has 0 saturated carbocycles. The van der Waals surface area contributed by atoms with Crippen molar-refractivity contribution in [3.63, 3.8) is 0 Å². The van der Waals surface area contributed by atoms with Crippen LogP contribution in [-0.2, 0) is 11.3 Å². The molecule has 1 aromatic heterocycles. The summed E-state index contributed by atoms with van der Waals surface area (Å²) in [5, 5.41) is 12.4. The van der Waals surface area contributed by atoms with Gasteiger partial charge in [0.15, 0.2) is 5.82 Å². The molecule has 0 atom stereocenters. The summed E-state index contributed by atoms with van der Waals surface area (Å²) in [5.74, 6) is 0.626. The van der Waals surface area contributed by atoms with E-state index < -0.39 is 0 Å². The van der Waals surface area contributed by atoms with Gasteiger partial charge in [-0.05, 0) is 36.4 Å². The smallest absolute Gasteiger partial charge is 0.251 e. The first kappa shape index (κ1) is 17.2. The van der Waals surface area contributed by atoms with Crippen molar-refractivity contribution in [2.24, 2.45) is 0 Å². The van der Waals surface area contributed by atoms with Crippen molar-refractivity contribution in [2.45, 2.75) is 13.5 Å². The lowest BCUT2D eigenvalue weighted by Gasteiger charge is -2.03. The van der Waals surface area contributed by atoms with Crippen LogP contribution in [0.25, 0.3) is 11.4 Å². The number of aromatic amines is 1. The molecule has 0 aliphatic carbocycles. The summed E-state index contributed by atoms with van der Waals surface area (Å²) >= 11 is 0. The molecule has 0 spiro atoms. The van der Waals surface area contributed by atoms with Crippen LogP contribution in [0, 0.1) is 0 Å². The molecule has 8 heteroatoms. The zero-order chi connectivity index (χ0) is 18.5. The van der Waals surface area contributed by atoms with Gasteiger partial charge in [-0.3, -0.25) is 14.7 Å². The molecule has 1 heterocycles. The first-order valence-corrected chi connectivity index (χ1v) is 7.94. The Labute approximate surface area is 149 Å². The highest BCUT2D eigenvalue weighted by Crippen LogP contribution is 2.19. The van der Waals surface area contributed by atoms with Gasteiger partial charge < -0.3 is 16.4 Å². The van der Waals surface area contributed by atoms with Crippen LogP contribution in [0.5, 0.6) is 0 Å². The number of nitrogens with one attached hydrogen (secondary N) is 3. The molecular weight excluding hydrogens is 332 g/mol. The third kappa shape index (κ3) is 4.23. The zero-order valence-corrected chi connectivity index (χ0v) is 14.1. The van der Waals surface area contributed by atoms with E-state index in [2.05, 4.69) is 25.8 Å². The molecule has 0 aliphatic heterocycles. The van der Waals surface area contributed by atoms with Crippen molar-refractivity contribution in [3.8, 4) is 11.4 Å². The van der Waals surface area contributed by atoms with Crippen molar-refractivity contribution >= 4 is 23.2 Å². The second-order valence-electron chi connectivity index (χ2n) is 5.67. The Bertz CT molecular complexity index is 933. The largest absolute Gasteiger partial charge is 0.399 e. The van der Waals surface area contributed by atoms with Gasteiger partial charge in [0.1, 0.15) is 5.82 Å². The molecular formula is C18H18N6O2. The van der Waals surface area contributed by atoms with Crippen LogP contribution in [0.1, 0.15) is 23.1 Å². The van der Waals surface area contributed by atoms with Gasteiger partial charge in [-0.1, -0.05) is 12.1 Å². The fourth-order valence-corrected chi connectivity index (χ4v) is 2.34. The van der Waals surface area contributed by atoms with Crippen molar-refractivity contribution in [2.75, 3.05) is 11.1 Å². The molecule has 0 saturated heterocycles. The quantitative estimate of drug-likeness (QED) is 0.523. The van der Waals surface area contributed by atoms with E-state index in [1.54, 1.807) is 42.5 Å². The second-order valence-corrected chi connectivity index (χ2v) is 5.67. The van der Waals surface area contributed by atoms with Gasteiger partial charge in [0.05, 0.1) is 6.54 Å². The van der Waals surface area contributed by atoms with Gasteiger partial charge in [0, 0.05) is 29.4 Å². The minimum atomic E-state index is -0.226. The summed E-state index contributed by atoms with van der Waals surface area (Å²) in [4.78, 5) is 27.6. The SMILES string of the molecule is CC(=O)Nc1cccc(-c2n[nH]c(CNC(=O)c3ccc(N)cc3)n2)c1. The van der Waals surface area contributed by atoms with E-state index in [9.17, 15) is 9.59 Å². The number of nitrogens with two attached hydrogens (primary N) is 1. The highest BCUT2D eigenvalue weighted by molar-refractivity contribution is 5.94. The first-order valence-electron chi connectivity index (χ1n) is 7.94. The van der Waals surface area contributed by atoms with Gasteiger partial charge in [0.2, 0.25) is 5.91 Å². The van der Waals surface area contributed by atoms with Gasteiger partial charge in [0.25, 0.3) is 5.91 Å². The number of benzene rings is 2. The predicted octanol–water partition coefficient (Wildman–Crippen LogP) is 1.94. The van der Waals surface area contributed by atoms with Crippen molar-refractivity contribution in [3.05, 3.63) is 59.9 Å². The monoisotopic (exact) mass is 350 g/mol. The molecule has 26 heavy (non-hydrogen) atoms. The van der Waals surface area contributed by atoms with E-state index >= 15 is 0 Å². The Balaban J connectivity index is 1.65. The number of H-pyrrole nitrogens is 1. The molecule has 0 radical (unpaired) electrons. The first-order chi connectivity index (χ1) is 12.5. The average molecular weight is 350 g/mol. The minimum Gasteiger partial charge on any atom is -0.399 e. The van der Waals surface area contributed by atoms with E-state index in [1.807, 2.05) is 6.07 Å². The molecule has 2 aromatic carbocycles. The van der Waals surface area contributed by atoms with Crippen LogP contribution in [-0.4, -0.2) is 27.0 Å². The van der Waals surface area contributed by atoms with E-state index in [0.29, 0.717) is 28.6 Å². The number of amides is 2. The number of hydrogen-bond acceptors (Lipinski definition) is 5. The van der Waals surface area contributed by atoms with E-state index in [0.717, 1.165) is 5.56 Å². The number of hydrogen-bond donors (Lipinski definition) is 4. The molecule has 3 rings (SSSR count). The summed E-state index contributed by atoms with van der Waals surface area (Å²) in [6, 6.07) is 13.9. The summed E-state index contributed by atoms with van der Waals surface area (Å²) in [6.45, 7) is 1.66. The number of carbonyl (C=O) groups is 2. The second kappa shape index (κ2) is 7.47. The fraction of sp³-hybridized carbons (Fsp3) is 0.111. The van der Waals surface area contributed by atoms with Gasteiger partial charge in [-0.2, -0.15) is 5.10 Å². The maximum absolute atomic E-state index is 12.1. The Morgan fingerprint density at radius 2 is 1.92 bits per heavy atom. The van der Waals surface area contributed by atoms with Crippen LogP contribution in [0.3, 0.4) is 0 Å². The lowest BCUT2D eigenvalue weighted by atomic mass is 10.2. The number of nitrogens with zero attached hydrogens (tertiary/aromatic N) is 2. The number of rotatable bonds is 5. The lowest BCUT2D eigenvalue weighted by molar-refractivity contribution is -0.114. The van der Waals surface area contributed by atoms with Crippen LogP contribution < -0.4 is 16.4 Å². The summed E-state index contributed by atoms with van der Waals surface area (Å²) in [5.41, 5.74) is 8.14. The zero-order valence-electron chi connectivity index (χ0n) is 14.1. The van der Waals surface area contributed by atoms with Crippen LogP contribution in [0.2, 0.25) is 0 Å². The summed E-state index contributed by atoms with van der Waals surface area (Å²) in [7, 11) is 0. The van der Waals surface area contributed by atoms with Gasteiger partial charge in [-0.15, -0.1) is 0 Å². The number of nitrogen functional groups attached to an aromatic ring is 1. The molecule has 8 nitrogen and oxygen atoms in total. The van der Waals surface area contributed by atoms with Gasteiger partial charge >= 0.3 is 0 Å². The molecule has 2 amide bonds. The normalized spacial score (nSPS) is 10.3. The van der Waals surface area contributed by atoms with E-state index in [-0.39, 0.29) is 18.4 Å². The van der Waals surface area contributed by atoms with Crippen LogP contribution in [0.4, 0.5) is 11.4 Å². The number of anilines is 2. The number of carbonyl (C=O) groups excluding carboxylic acids is 2. The van der Waals surface area contributed by atoms with Gasteiger partial charge in [-0.25, -0.2) is 4.98 Å². The van der Waals surface area contributed by atoms with Crippen LogP contribution >= 0.6 is 0 Å². The van der Waals surface area contributed by atoms with Crippen molar-refractivity contribution in [1.82, 2.24) is 20.5 Å².